The summed E-state index contributed by atoms with van der Waals surface area (Å²) in [7, 11) is 0. The first-order chi connectivity index (χ1) is 9.00. The zero-order valence-electron chi connectivity index (χ0n) is 11.0. The van der Waals surface area contributed by atoms with Crippen LogP contribution in [-0.2, 0) is 0 Å². The third-order valence-corrected chi connectivity index (χ3v) is 4.68. The van der Waals surface area contributed by atoms with E-state index in [1.54, 1.807) is 6.92 Å². The van der Waals surface area contributed by atoms with Crippen LogP contribution >= 0.6 is 11.8 Å². The second-order valence-corrected chi connectivity index (χ2v) is 5.98. The summed E-state index contributed by atoms with van der Waals surface area (Å²) in [6, 6.07) is 3.03. The quantitative estimate of drug-likeness (QED) is 0.796. The van der Waals surface area contributed by atoms with Crippen LogP contribution < -0.4 is 0 Å². The summed E-state index contributed by atoms with van der Waals surface area (Å²) < 4.78 is 26.5. The van der Waals surface area contributed by atoms with Crippen molar-refractivity contribution in [3.8, 4) is 0 Å². The van der Waals surface area contributed by atoms with Gasteiger partial charge in [-0.3, -0.25) is 9.69 Å². The molecule has 1 aromatic rings. The summed E-state index contributed by atoms with van der Waals surface area (Å²) in [5, 5.41) is 0. The van der Waals surface area contributed by atoms with E-state index < -0.39 is 11.6 Å². The van der Waals surface area contributed by atoms with Crippen LogP contribution in [0, 0.1) is 11.6 Å². The molecule has 1 aliphatic rings. The molecule has 19 heavy (non-hydrogen) atoms. The largest absolute Gasteiger partial charge is 0.292 e. The van der Waals surface area contributed by atoms with Gasteiger partial charge in [0, 0.05) is 30.2 Å². The Labute approximate surface area is 116 Å². The molecule has 5 heteroatoms. The van der Waals surface area contributed by atoms with Crippen LogP contribution in [0.15, 0.2) is 18.2 Å². The van der Waals surface area contributed by atoms with Gasteiger partial charge >= 0.3 is 0 Å². The molecule has 1 fully saturated rings. The highest BCUT2D eigenvalue weighted by Gasteiger charge is 2.29. The molecule has 104 valence electrons. The van der Waals surface area contributed by atoms with Crippen molar-refractivity contribution in [2.45, 2.75) is 25.9 Å². The van der Waals surface area contributed by atoms with E-state index in [2.05, 4.69) is 11.8 Å². The first-order valence-electron chi connectivity index (χ1n) is 6.33. The van der Waals surface area contributed by atoms with Gasteiger partial charge in [-0.2, -0.15) is 11.8 Å². The Kier molecular flexibility index (Phi) is 4.58. The molecule has 0 amide bonds. The first kappa shape index (κ1) is 14.5. The van der Waals surface area contributed by atoms with E-state index in [-0.39, 0.29) is 17.4 Å². The van der Waals surface area contributed by atoms with Gasteiger partial charge in [-0.15, -0.1) is 0 Å². The summed E-state index contributed by atoms with van der Waals surface area (Å²) in [5.74, 6) is 0.230. The Morgan fingerprint density at radius 3 is 2.84 bits per heavy atom. The van der Waals surface area contributed by atoms with Gasteiger partial charge in [0.15, 0.2) is 5.78 Å². The van der Waals surface area contributed by atoms with E-state index in [4.69, 9.17) is 0 Å². The van der Waals surface area contributed by atoms with E-state index in [1.165, 1.54) is 6.07 Å². The number of Topliss-reactive ketones (excluding diaryl/α,β-unsaturated/α-hetero) is 1. The molecule has 2 unspecified atom stereocenters. The van der Waals surface area contributed by atoms with Crippen LogP contribution in [0.5, 0.6) is 0 Å². The van der Waals surface area contributed by atoms with Crippen LogP contribution in [0.3, 0.4) is 0 Å². The number of benzene rings is 1. The lowest BCUT2D eigenvalue weighted by Crippen LogP contribution is -2.49. The maximum Gasteiger partial charge on any atom is 0.182 e. The maximum absolute atomic E-state index is 13.6. The highest BCUT2D eigenvalue weighted by Crippen LogP contribution is 2.21. The van der Waals surface area contributed by atoms with Gasteiger partial charge in [0.1, 0.15) is 11.6 Å². The predicted molar refractivity (Wildman–Crippen MR) is 73.6 cm³/mol. The molecule has 2 nitrogen and oxygen atoms in total. The summed E-state index contributed by atoms with van der Waals surface area (Å²) in [6.45, 7) is 4.68. The normalized spacial score (nSPS) is 22.2. The number of rotatable bonds is 3. The average Bonchev–Trinajstić information content (AvgIpc) is 2.38. The molecule has 0 N–H and O–H groups in total. The molecule has 1 saturated heterocycles. The molecule has 2 rings (SSSR count). The molecule has 0 aromatic heterocycles. The van der Waals surface area contributed by atoms with Crippen LogP contribution in [0.25, 0.3) is 0 Å². The number of halogens is 2. The Hall–Kier alpha value is -0.940. The smallest absolute Gasteiger partial charge is 0.182 e. The molecule has 0 bridgehead atoms. The fraction of sp³-hybridized carbons (Fsp3) is 0.500. The Morgan fingerprint density at radius 1 is 1.47 bits per heavy atom. The number of thioether (sulfide) groups is 1. The van der Waals surface area contributed by atoms with E-state index in [9.17, 15) is 13.6 Å². The second kappa shape index (κ2) is 6.01. The van der Waals surface area contributed by atoms with Crippen LogP contribution in [0.2, 0.25) is 0 Å². The lowest BCUT2D eigenvalue weighted by Gasteiger charge is -2.36. The molecular formula is C14H17F2NOS. The third kappa shape index (κ3) is 3.15. The predicted octanol–water partition coefficient (Wildman–Crippen LogP) is 2.97. The fourth-order valence-corrected chi connectivity index (χ4v) is 3.42. The van der Waals surface area contributed by atoms with Gasteiger partial charge in [-0.25, -0.2) is 8.78 Å². The number of carbonyl (C=O) groups excluding carboxylic acids is 1. The summed E-state index contributed by atoms with van der Waals surface area (Å²) in [6.07, 6.45) is 0. The summed E-state index contributed by atoms with van der Waals surface area (Å²) in [4.78, 5) is 14.4. The molecule has 0 saturated carbocycles. The van der Waals surface area contributed by atoms with Crippen molar-refractivity contribution >= 4 is 17.5 Å². The minimum absolute atomic E-state index is 0.0284. The van der Waals surface area contributed by atoms with Crippen molar-refractivity contribution in [3.63, 3.8) is 0 Å². The number of ketones is 1. The molecule has 0 radical (unpaired) electrons. The Balaban J connectivity index is 2.18. The number of carbonyl (C=O) groups is 1. The number of hydrogen-bond acceptors (Lipinski definition) is 3. The average molecular weight is 285 g/mol. The molecule has 1 aromatic carbocycles. The minimum Gasteiger partial charge on any atom is -0.292 e. The SMILES string of the molecule is CC1CSCCN1C(C)C(=O)c1ccc(F)cc1F. The summed E-state index contributed by atoms with van der Waals surface area (Å²) in [5.41, 5.74) is -0.0284. The standard InChI is InChI=1S/C14H17F2NOS/c1-9-8-19-6-5-17(9)10(2)14(18)12-4-3-11(15)7-13(12)16/h3-4,7,9-10H,5-6,8H2,1-2H3. The van der Waals surface area contributed by atoms with Gasteiger partial charge in [0.25, 0.3) is 0 Å². The van der Waals surface area contributed by atoms with Crippen molar-refractivity contribution in [1.29, 1.82) is 0 Å². The van der Waals surface area contributed by atoms with Crippen molar-refractivity contribution in [3.05, 3.63) is 35.4 Å². The highest BCUT2D eigenvalue weighted by atomic mass is 32.2. The van der Waals surface area contributed by atoms with Crippen LogP contribution in [-0.4, -0.2) is 40.8 Å². The molecular weight excluding hydrogens is 268 g/mol. The van der Waals surface area contributed by atoms with Crippen molar-refractivity contribution in [1.82, 2.24) is 4.90 Å². The van der Waals surface area contributed by atoms with E-state index in [0.29, 0.717) is 6.04 Å². The topological polar surface area (TPSA) is 20.3 Å². The van der Waals surface area contributed by atoms with Crippen molar-refractivity contribution in [2.24, 2.45) is 0 Å². The number of hydrogen-bond donors (Lipinski definition) is 0. The zero-order valence-corrected chi connectivity index (χ0v) is 11.8. The summed E-state index contributed by atoms with van der Waals surface area (Å²) >= 11 is 1.86. The molecule has 0 aliphatic carbocycles. The third-order valence-electron chi connectivity index (χ3n) is 3.49. The van der Waals surface area contributed by atoms with E-state index >= 15 is 0 Å². The number of nitrogens with zero attached hydrogens (tertiary/aromatic N) is 1. The Bertz CT molecular complexity index is 481. The van der Waals surface area contributed by atoms with Crippen LogP contribution in [0.1, 0.15) is 24.2 Å². The van der Waals surface area contributed by atoms with Gasteiger partial charge < -0.3 is 0 Å². The van der Waals surface area contributed by atoms with E-state index in [0.717, 1.165) is 30.2 Å². The molecule has 1 aliphatic heterocycles. The van der Waals surface area contributed by atoms with Gasteiger partial charge in [0.2, 0.25) is 0 Å². The van der Waals surface area contributed by atoms with Crippen molar-refractivity contribution in [2.75, 3.05) is 18.1 Å². The first-order valence-corrected chi connectivity index (χ1v) is 7.49. The van der Waals surface area contributed by atoms with Gasteiger partial charge in [0.05, 0.1) is 11.6 Å². The Morgan fingerprint density at radius 2 is 2.21 bits per heavy atom. The maximum atomic E-state index is 13.6. The second-order valence-electron chi connectivity index (χ2n) is 4.83. The minimum atomic E-state index is -0.782. The monoisotopic (exact) mass is 285 g/mol. The molecule has 0 spiro atoms. The molecule has 2 atom stereocenters. The van der Waals surface area contributed by atoms with Crippen molar-refractivity contribution < 1.29 is 13.6 Å². The van der Waals surface area contributed by atoms with Gasteiger partial charge in [-0.1, -0.05) is 0 Å². The zero-order chi connectivity index (χ0) is 14.0. The van der Waals surface area contributed by atoms with E-state index in [1.807, 2.05) is 11.8 Å². The fourth-order valence-electron chi connectivity index (χ4n) is 2.38. The van der Waals surface area contributed by atoms with Crippen LogP contribution in [0.4, 0.5) is 8.78 Å². The lowest BCUT2D eigenvalue weighted by molar-refractivity contribution is 0.0795. The highest BCUT2D eigenvalue weighted by molar-refractivity contribution is 7.99. The van der Waals surface area contributed by atoms with Gasteiger partial charge in [-0.05, 0) is 26.0 Å². The molecule has 1 heterocycles. The lowest BCUT2D eigenvalue weighted by atomic mass is 10.0.